The van der Waals surface area contributed by atoms with E-state index in [1.165, 1.54) is 0 Å². The molecule has 6 unspecified atom stereocenters. The molecule has 0 aromatic heterocycles. The van der Waals surface area contributed by atoms with E-state index in [0.29, 0.717) is 0 Å². The minimum atomic E-state index is 0.940. The molecule has 3 aliphatic rings. The second-order valence-electron chi connectivity index (χ2n) is 6.68. The van der Waals surface area contributed by atoms with Crippen LogP contribution in [0.2, 0.25) is 0 Å². The Morgan fingerprint density at radius 2 is 1.57 bits per heavy atom. The van der Waals surface area contributed by atoms with E-state index in [0.717, 1.165) is 41.4 Å². The molecule has 3 fully saturated rings. The summed E-state index contributed by atoms with van der Waals surface area (Å²) in [5, 5.41) is 0. The molecule has 0 aromatic rings. The van der Waals surface area contributed by atoms with Gasteiger partial charge in [0.2, 0.25) is 0 Å². The fourth-order valence-corrected chi connectivity index (χ4v) is 5.00. The average Bonchev–Trinajstić information content (AvgIpc) is 2.70. The Bertz CT molecular complexity index is 230. The Hall–Kier alpha value is 0. The molecule has 3 saturated carbocycles. The van der Waals surface area contributed by atoms with Crippen LogP contribution in [0, 0.1) is 41.4 Å². The molecule has 6 atom stereocenters. The van der Waals surface area contributed by atoms with Crippen LogP contribution in [0.5, 0.6) is 0 Å². The van der Waals surface area contributed by atoms with E-state index in [1.807, 2.05) is 0 Å². The number of rotatable bonds is 1. The summed E-state index contributed by atoms with van der Waals surface area (Å²) in [7, 11) is 0. The van der Waals surface area contributed by atoms with E-state index in [4.69, 9.17) is 0 Å². The lowest BCUT2D eigenvalue weighted by atomic mass is 9.76. The molecule has 80 valence electrons. The number of fused-ring (bicyclic) bond motifs is 5. The van der Waals surface area contributed by atoms with Gasteiger partial charge in [-0.05, 0) is 67.1 Å². The Morgan fingerprint density at radius 1 is 0.857 bits per heavy atom. The third-order valence-electron chi connectivity index (χ3n) is 5.78. The topological polar surface area (TPSA) is 0 Å². The van der Waals surface area contributed by atoms with Crippen molar-refractivity contribution in [2.24, 2.45) is 41.4 Å². The Balaban J connectivity index is 1.77. The molecule has 14 heavy (non-hydrogen) atoms. The van der Waals surface area contributed by atoms with E-state index in [9.17, 15) is 0 Å². The summed E-state index contributed by atoms with van der Waals surface area (Å²) in [5.41, 5.74) is 0. The van der Waals surface area contributed by atoms with Crippen molar-refractivity contribution in [3.05, 3.63) is 0 Å². The van der Waals surface area contributed by atoms with Crippen molar-refractivity contribution in [3.8, 4) is 0 Å². The first-order chi connectivity index (χ1) is 6.66. The molecular weight excluding hydrogens is 168 g/mol. The largest absolute Gasteiger partial charge is 0.0625 e. The van der Waals surface area contributed by atoms with Crippen LogP contribution >= 0.6 is 0 Å². The fraction of sp³-hybridized carbons (Fsp3) is 1.00. The lowest BCUT2D eigenvalue weighted by molar-refractivity contribution is 0.201. The molecule has 0 spiro atoms. The van der Waals surface area contributed by atoms with Gasteiger partial charge < -0.3 is 0 Å². The third kappa shape index (κ3) is 1.12. The molecule has 3 rings (SSSR count). The van der Waals surface area contributed by atoms with Gasteiger partial charge in [-0.1, -0.05) is 20.8 Å². The van der Waals surface area contributed by atoms with Gasteiger partial charge in [0.05, 0.1) is 0 Å². The summed E-state index contributed by atoms with van der Waals surface area (Å²) < 4.78 is 0. The van der Waals surface area contributed by atoms with Crippen LogP contribution in [0.4, 0.5) is 0 Å². The van der Waals surface area contributed by atoms with E-state index in [1.54, 1.807) is 25.7 Å². The maximum atomic E-state index is 2.50. The quantitative estimate of drug-likeness (QED) is 0.590. The molecule has 0 amide bonds. The van der Waals surface area contributed by atoms with Gasteiger partial charge in [0.25, 0.3) is 0 Å². The summed E-state index contributed by atoms with van der Waals surface area (Å²) >= 11 is 0. The molecule has 0 aromatic carbocycles. The first kappa shape index (κ1) is 9.24. The summed E-state index contributed by atoms with van der Waals surface area (Å²) in [6.45, 7) is 7.36. The molecular formula is C14H24. The van der Waals surface area contributed by atoms with Crippen LogP contribution in [-0.2, 0) is 0 Å². The molecule has 0 radical (unpaired) electrons. The maximum absolute atomic E-state index is 2.50. The standard InChI is InChI=1S/C14H24/c1-8(2)10-5-13-11-4-9(3)12(7-11)14(13)6-10/h8-14H,4-7H2,1-3H3. The summed E-state index contributed by atoms with van der Waals surface area (Å²) in [4.78, 5) is 0. The zero-order chi connectivity index (χ0) is 9.87. The van der Waals surface area contributed by atoms with Crippen LogP contribution in [0.1, 0.15) is 46.5 Å². The minimum Gasteiger partial charge on any atom is -0.0625 e. The van der Waals surface area contributed by atoms with Crippen molar-refractivity contribution in [1.29, 1.82) is 0 Å². The van der Waals surface area contributed by atoms with Crippen LogP contribution in [0.25, 0.3) is 0 Å². The molecule has 0 saturated heterocycles. The molecule has 0 heteroatoms. The van der Waals surface area contributed by atoms with Gasteiger partial charge in [-0.15, -0.1) is 0 Å². The number of hydrogen-bond acceptors (Lipinski definition) is 0. The van der Waals surface area contributed by atoms with E-state index < -0.39 is 0 Å². The highest BCUT2D eigenvalue weighted by atomic mass is 14.6. The molecule has 0 nitrogen and oxygen atoms in total. The van der Waals surface area contributed by atoms with Crippen LogP contribution in [-0.4, -0.2) is 0 Å². The molecule has 3 aliphatic carbocycles. The highest BCUT2D eigenvalue weighted by Crippen LogP contribution is 2.62. The van der Waals surface area contributed by atoms with Gasteiger partial charge in [0.15, 0.2) is 0 Å². The summed E-state index contributed by atoms with van der Waals surface area (Å²) in [5.74, 6) is 7.65. The van der Waals surface area contributed by atoms with E-state index >= 15 is 0 Å². The van der Waals surface area contributed by atoms with Gasteiger partial charge in [0.1, 0.15) is 0 Å². The summed E-state index contributed by atoms with van der Waals surface area (Å²) in [6.07, 6.45) is 6.32. The predicted octanol–water partition coefficient (Wildman–Crippen LogP) is 3.96. The highest BCUT2D eigenvalue weighted by Gasteiger charge is 2.54. The van der Waals surface area contributed by atoms with Gasteiger partial charge in [-0.2, -0.15) is 0 Å². The Morgan fingerprint density at radius 3 is 2.29 bits per heavy atom. The zero-order valence-electron chi connectivity index (χ0n) is 9.87. The van der Waals surface area contributed by atoms with Gasteiger partial charge in [-0.3, -0.25) is 0 Å². The number of hydrogen-bond donors (Lipinski definition) is 0. The maximum Gasteiger partial charge on any atom is -0.0349 e. The van der Waals surface area contributed by atoms with Crippen molar-refractivity contribution < 1.29 is 0 Å². The average molecular weight is 192 g/mol. The van der Waals surface area contributed by atoms with Crippen LogP contribution in [0.15, 0.2) is 0 Å². The first-order valence-electron chi connectivity index (χ1n) is 6.66. The second kappa shape index (κ2) is 3.00. The molecule has 0 heterocycles. The van der Waals surface area contributed by atoms with Crippen molar-refractivity contribution >= 4 is 0 Å². The Labute approximate surface area is 88.5 Å². The summed E-state index contributed by atoms with van der Waals surface area (Å²) in [6, 6.07) is 0. The van der Waals surface area contributed by atoms with Gasteiger partial charge in [-0.25, -0.2) is 0 Å². The van der Waals surface area contributed by atoms with Gasteiger partial charge >= 0.3 is 0 Å². The van der Waals surface area contributed by atoms with Crippen molar-refractivity contribution in [2.75, 3.05) is 0 Å². The molecule has 2 bridgehead atoms. The first-order valence-corrected chi connectivity index (χ1v) is 6.66. The van der Waals surface area contributed by atoms with Crippen molar-refractivity contribution in [2.45, 2.75) is 46.5 Å². The van der Waals surface area contributed by atoms with Crippen molar-refractivity contribution in [3.63, 3.8) is 0 Å². The SMILES string of the molecule is CC(C)C1CC2C3CC(C)C(C3)C2C1. The monoisotopic (exact) mass is 192 g/mol. The van der Waals surface area contributed by atoms with E-state index in [2.05, 4.69) is 20.8 Å². The third-order valence-corrected chi connectivity index (χ3v) is 5.78. The lowest BCUT2D eigenvalue weighted by Crippen LogP contribution is -2.22. The lowest BCUT2D eigenvalue weighted by Gasteiger charge is -2.29. The Kier molecular flexibility index (Phi) is 1.98. The smallest absolute Gasteiger partial charge is 0.0349 e. The zero-order valence-corrected chi connectivity index (χ0v) is 9.87. The second-order valence-corrected chi connectivity index (χ2v) is 6.68. The minimum absolute atomic E-state index is 0.940. The van der Waals surface area contributed by atoms with Crippen LogP contribution in [0.3, 0.4) is 0 Å². The predicted molar refractivity (Wildman–Crippen MR) is 59.9 cm³/mol. The highest BCUT2D eigenvalue weighted by molar-refractivity contribution is 5.03. The fourth-order valence-electron chi connectivity index (χ4n) is 5.00. The molecule has 0 aliphatic heterocycles. The van der Waals surface area contributed by atoms with Gasteiger partial charge in [0, 0.05) is 0 Å². The van der Waals surface area contributed by atoms with E-state index in [-0.39, 0.29) is 0 Å². The normalized spacial score (nSPS) is 55.7. The van der Waals surface area contributed by atoms with Crippen LogP contribution < -0.4 is 0 Å². The van der Waals surface area contributed by atoms with Crippen molar-refractivity contribution in [1.82, 2.24) is 0 Å². The molecule has 0 N–H and O–H groups in total.